The summed E-state index contributed by atoms with van der Waals surface area (Å²) in [6.07, 6.45) is 0.186. The fraction of sp³-hybridized carbons (Fsp3) is 0.120. The van der Waals surface area contributed by atoms with Crippen LogP contribution in [0, 0.1) is 0 Å². The van der Waals surface area contributed by atoms with Gasteiger partial charge in [-0.3, -0.25) is 9.59 Å². The van der Waals surface area contributed by atoms with Gasteiger partial charge in [0.15, 0.2) is 0 Å². The predicted molar refractivity (Wildman–Crippen MR) is 132 cm³/mol. The number of fused-ring (bicyclic) bond motifs is 1. The van der Waals surface area contributed by atoms with Crippen molar-refractivity contribution in [2.24, 2.45) is 0 Å². The Morgan fingerprint density at radius 3 is 2.58 bits per heavy atom. The van der Waals surface area contributed by atoms with Crippen LogP contribution in [0.3, 0.4) is 0 Å². The normalized spacial score (nSPS) is 11.0. The van der Waals surface area contributed by atoms with Gasteiger partial charge in [-0.25, -0.2) is 9.97 Å². The SMILES string of the molecule is O=C(Cc1csc(-c2ccsc2)n1)N(Cc1ccccc1)Cc1nc2ccccc2c(=O)[nH]1. The molecule has 0 aliphatic heterocycles. The van der Waals surface area contributed by atoms with E-state index < -0.39 is 0 Å². The van der Waals surface area contributed by atoms with E-state index in [4.69, 9.17) is 0 Å². The number of para-hydroxylation sites is 1. The average Bonchev–Trinajstić information content (AvgIpc) is 3.52. The van der Waals surface area contributed by atoms with Crippen molar-refractivity contribution < 1.29 is 4.79 Å². The Morgan fingerprint density at radius 1 is 0.939 bits per heavy atom. The van der Waals surface area contributed by atoms with E-state index in [1.54, 1.807) is 28.4 Å². The van der Waals surface area contributed by atoms with Crippen molar-refractivity contribution in [3.8, 4) is 10.6 Å². The molecule has 0 spiro atoms. The largest absolute Gasteiger partial charge is 0.331 e. The number of nitrogens with one attached hydrogen (secondary N) is 1. The third-order valence-corrected chi connectivity index (χ3v) is 6.85. The lowest BCUT2D eigenvalue weighted by atomic mass is 10.2. The molecular weight excluding hydrogens is 452 g/mol. The number of carbonyl (C=O) groups excluding carboxylic acids is 1. The van der Waals surface area contributed by atoms with Gasteiger partial charge in [0.05, 0.1) is 29.6 Å². The highest BCUT2D eigenvalue weighted by Crippen LogP contribution is 2.26. The summed E-state index contributed by atoms with van der Waals surface area (Å²) in [7, 11) is 0. The molecule has 0 radical (unpaired) electrons. The first-order chi connectivity index (χ1) is 16.2. The Hall–Kier alpha value is -3.62. The zero-order valence-corrected chi connectivity index (χ0v) is 19.2. The molecule has 0 bridgehead atoms. The monoisotopic (exact) mass is 472 g/mol. The summed E-state index contributed by atoms with van der Waals surface area (Å²) in [6, 6.07) is 19.0. The molecule has 0 saturated carbocycles. The minimum Gasteiger partial charge on any atom is -0.331 e. The van der Waals surface area contributed by atoms with Gasteiger partial charge >= 0.3 is 0 Å². The first-order valence-electron chi connectivity index (χ1n) is 10.4. The van der Waals surface area contributed by atoms with E-state index in [9.17, 15) is 9.59 Å². The summed E-state index contributed by atoms with van der Waals surface area (Å²) in [5, 5.41) is 7.44. The highest BCUT2D eigenvalue weighted by atomic mass is 32.1. The third kappa shape index (κ3) is 4.92. The zero-order valence-electron chi connectivity index (χ0n) is 17.6. The van der Waals surface area contributed by atoms with Crippen LogP contribution in [0.5, 0.6) is 0 Å². The number of benzene rings is 2. The van der Waals surface area contributed by atoms with Crippen LogP contribution in [-0.4, -0.2) is 25.8 Å². The second kappa shape index (κ2) is 9.48. The Labute approximate surface area is 198 Å². The molecule has 0 aliphatic carbocycles. The van der Waals surface area contributed by atoms with Crippen LogP contribution in [0.2, 0.25) is 0 Å². The molecule has 0 atom stereocenters. The topological polar surface area (TPSA) is 79.0 Å². The molecule has 5 aromatic rings. The van der Waals surface area contributed by atoms with Gasteiger partial charge in [0.1, 0.15) is 10.8 Å². The molecule has 6 nitrogen and oxygen atoms in total. The summed E-state index contributed by atoms with van der Waals surface area (Å²) < 4.78 is 0. The summed E-state index contributed by atoms with van der Waals surface area (Å²) in [6.45, 7) is 0.618. The van der Waals surface area contributed by atoms with Gasteiger partial charge in [-0.2, -0.15) is 11.3 Å². The molecule has 8 heteroatoms. The quantitative estimate of drug-likeness (QED) is 0.366. The van der Waals surface area contributed by atoms with Crippen LogP contribution in [0.25, 0.3) is 21.5 Å². The van der Waals surface area contributed by atoms with Crippen LogP contribution >= 0.6 is 22.7 Å². The average molecular weight is 473 g/mol. The standard InChI is InChI=1S/C25H20N4O2S2/c30-23(12-19-16-33-25(26-19)18-10-11-32-15-18)29(13-17-6-2-1-3-7-17)14-22-27-21-9-5-4-8-20(21)24(31)28-22/h1-11,15-16H,12-14H2,(H,27,28,31). The molecule has 2 aromatic carbocycles. The number of thiazole rings is 1. The van der Waals surface area contributed by atoms with Gasteiger partial charge in [0, 0.05) is 22.9 Å². The Balaban J connectivity index is 1.40. The van der Waals surface area contributed by atoms with E-state index in [0.29, 0.717) is 23.3 Å². The van der Waals surface area contributed by atoms with Crippen LogP contribution in [0.15, 0.2) is 81.6 Å². The van der Waals surface area contributed by atoms with Crippen molar-refractivity contribution in [2.45, 2.75) is 19.5 Å². The molecule has 0 fully saturated rings. The minimum atomic E-state index is -0.206. The van der Waals surface area contributed by atoms with Gasteiger partial charge in [0.2, 0.25) is 5.91 Å². The van der Waals surface area contributed by atoms with Crippen molar-refractivity contribution in [1.29, 1.82) is 0 Å². The van der Waals surface area contributed by atoms with Crippen molar-refractivity contribution in [2.75, 3.05) is 0 Å². The van der Waals surface area contributed by atoms with Crippen LogP contribution in [0.4, 0.5) is 0 Å². The smallest absolute Gasteiger partial charge is 0.258 e. The predicted octanol–water partition coefficient (Wildman–Crippen LogP) is 4.88. The number of hydrogen-bond acceptors (Lipinski definition) is 6. The van der Waals surface area contributed by atoms with E-state index in [1.165, 1.54) is 11.3 Å². The molecule has 0 aliphatic rings. The second-order valence-corrected chi connectivity index (χ2v) is 9.24. The van der Waals surface area contributed by atoms with E-state index in [-0.39, 0.29) is 24.4 Å². The Kier molecular flexibility index (Phi) is 6.10. The van der Waals surface area contributed by atoms with Crippen LogP contribution in [0.1, 0.15) is 17.1 Å². The number of aromatic nitrogens is 3. The van der Waals surface area contributed by atoms with Gasteiger partial charge in [-0.1, -0.05) is 42.5 Å². The molecule has 33 heavy (non-hydrogen) atoms. The van der Waals surface area contributed by atoms with Crippen LogP contribution < -0.4 is 5.56 Å². The first kappa shape index (κ1) is 21.2. The number of hydrogen-bond donors (Lipinski definition) is 1. The van der Waals surface area contributed by atoms with Crippen molar-refractivity contribution in [3.63, 3.8) is 0 Å². The van der Waals surface area contributed by atoms with E-state index in [2.05, 4.69) is 15.0 Å². The third-order valence-electron chi connectivity index (χ3n) is 5.22. The lowest BCUT2D eigenvalue weighted by molar-refractivity contribution is -0.131. The maximum Gasteiger partial charge on any atom is 0.258 e. The highest BCUT2D eigenvalue weighted by molar-refractivity contribution is 7.14. The Bertz CT molecular complexity index is 1440. The van der Waals surface area contributed by atoms with Crippen molar-refractivity contribution in [1.82, 2.24) is 19.9 Å². The fourth-order valence-electron chi connectivity index (χ4n) is 3.60. The number of thiophene rings is 1. The summed E-state index contributed by atoms with van der Waals surface area (Å²) in [5.41, 5.74) is 3.23. The lowest BCUT2D eigenvalue weighted by Gasteiger charge is -2.22. The molecule has 1 amide bonds. The fourth-order valence-corrected chi connectivity index (χ4v) is 5.13. The minimum absolute atomic E-state index is 0.0724. The van der Waals surface area contributed by atoms with Crippen molar-refractivity contribution >= 4 is 39.5 Å². The number of amides is 1. The second-order valence-electron chi connectivity index (χ2n) is 7.60. The molecule has 164 valence electrons. The van der Waals surface area contributed by atoms with Crippen LogP contribution in [-0.2, 0) is 24.3 Å². The van der Waals surface area contributed by atoms with E-state index in [0.717, 1.165) is 21.8 Å². The summed E-state index contributed by atoms with van der Waals surface area (Å²) in [5.74, 6) is 0.386. The van der Waals surface area contributed by atoms with E-state index >= 15 is 0 Å². The molecule has 1 N–H and O–H groups in total. The van der Waals surface area contributed by atoms with Gasteiger partial charge in [-0.15, -0.1) is 11.3 Å². The first-order valence-corrected chi connectivity index (χ1v) is 12.2. The van der Waals surface area contributed by atoms with Gasteiger partial charge < -0.3 is 9.88 Å². The summed E-state index contributed by atoms with van der Waals surface area (Å²) in [4.78, 5) is 39.6. The molecule has 5 rings (SSSR count). The van der Waals surface area contributed by atoms with E-state index in [1.807, 2.05) is 64.7 Å². The lowest BCUT2D eigenvalue weighted by Crippen LogP contribution is -2.33. The zero-order chi connectivity index (χ0) is 22.6. The number of nitrogens with zero attached hydrogens (tertiary/aromatic N) is 3. The number of H-pyrrole nitrogens is 1. The van der Waals surface area contributed by atoms with Crippen molar-refractivity contribution in [3.05, 3.63) is 104 Å². The molecule has 0 saturated heterocycles. The molecular formula is C25H20N4O2S2. The number of carbonyl (C=O) groups is 1. The molecule has 3 aromatic heterocycles. The summed E-state index contributed by atoms with van der Waals surface area (Å²) >= 11 is 3.16. The maximum atomic E-state index is 13.3. The van der Waals surface area contributed by atoms with Gasteiger partial charge in [-0.05, 0) is 29.1 Å². The maximum absolute atomic E-state index is 13.3. The molecule has 3 heterocycles. The van der Waals surface area contributed by atoms with Gasteiger partial charge in [0.25, 0.3) is 5.56 Å². The number of aromatic amines is 1. The molecule has 0 unspecified atom stereocenters. The Morgan fingerprint density at radius 2 is 1.76 bits per heavy atom. The number of rotatable bonds is 7. The highest BCUT2D eigenvalue weighted by Gasteiger charge is 2.19.